The molecular weight excluding hydrogens is 296 g/mol. The maximum absolute atomic E-state index is 12.0. The average Bonchev–Trinajstić information content (AvgIpc) is 3.32. The van der Waals surface area contributed by atoms with Crippen LogP contribution in [0.1, 0.15) is 37.0 Å². The van der Waals surface area contributed by atoms with Crippen molar-refractivity contribution in [3.8, 4) is 0 Å². The van der Waals surface area contributed by atoms with E-state index in [9.17, 15) is 9.59 Å². The molecule has 1 aromatic carbocycles. The number of aromatic nitrogens is 3. The normalized spacial score (nSPS) is 15.4. The van der Waals surface area contributed by atoms with Gasteiger partial charge in [0.15, 0.2) is 6.61 Å². The molecule has 0 unspecified atom stereocenters. The Morgan fingerprint density at radius 2 is 2.22 bits per heavy atom. The van der Waals surface area contributed by atoms with E-state index in [1.165, 1.54) is 0 Å². The number of ether oxygens (including phenoxy) is 1. The Balaban J connectivity index is 1.58. The molecule has 2 aromatic rings. The maximum atomic E-state index is 12.0. The lowest BCUT2D eigenvalue weighted by Crippen LogP contribution is -2.37. The van der Waals surface area contributed by atoms with E-state index < -0.39 is 5.97 Å². The molecular formula is C16H20N4O3. The van der Waals surface area contributed by atoms with E-state index in [1.54, 1.807) is 22.9 Å². The third-order valence-electron chi connectivity index (χ3n) is 4.10. The van der Waals surface area contributed by atoms with Crippen molar-refractivity contribution in [1.29, 1.82) is 0 Å². The van der Waals surface area contributed by atoms with Gasteiger partial charge in [0.2, 0.25) is 0 Å². The van der Waals surface area contributed by atoms with Crippen LogP contribution in [-0.4, -0.2) is 39.5 Å². The van der Waals surface area contributed by atoms with E-state index in [1.807, 2.05) is 13.8 Å². The number of fused-ring (bicyclic) bond motifs is 1. The number of aryl methyl sites for hydroxylation is 1. The number of carbonyl (C=O) groups excluding carboxylic acids is 2. The lowest BCUT2D eigenvalue weighted by molar-refractivity contribution is -0.124. The van der Waals surface area contributed by atoms with Crippen LogP contribution in [0.4, 0.5) is 0 Å². The zero-order valence-electron chi connectivity index (χ0n) is 13.3. The highest BCUT2D eigenvalue weighted by Crippen LogP contribution is 2.32. The summed E-state index contributed by atoms with van der Waals surface area (Å²) in [5, 5.41) is 10.9. The van der Waals surface area contributed by atoms with Crippen molar-refractivity contribution in [1.82, 2.24) is 20.3 Å². The molecule has 1 heterocycles. The summed E-state index contributed by atoms with van der Waals surface area (Å²) in [6, 6.07) is 5.21. The molecule has 7 heteroatoms. The van der Waals surface area contributed by atoms with Crippen LogP contribution in [0.15, 0.2) is 18.2 Å². The molecule has 1 aromatic heterocycles. The minimum atomic E-state index is -0.535. The SMILES string of the molecule is CCn1nnc2cc(C(=O)OCC(=O)N[C@H](C)C3CC3)ccc21. The van der Waals surface area contributed by atoms with Crippen LogP contribution in [-0.2, 0) is 16.1 Å². The zero-order valence-corrected chi connectivity index (χ0v) is 13.3. The number of benzene rings is 1. The number of rotatable bonds is 6. The molecule has 0 bridgehead atoms. The van der Waals surface area contributed by atoms with Gasteiger partial charge >= 0.3 is 5.97 Å². The lowest BCUT2D eigenvalue weighted by atomic mass is 10.2. The second kappa shape index (κ2) is 6.36. The molecule has 1 fully saturated rings. The topological polar surface area (TPSA) is 86.1 Å². The molecule has 1 aliphatic carbocycles. The van der Waals surface area contributed by atoms with Crippen LogP contribution < -0.4 is 5.32 Å². The van der Waals surface area contributed by atoms with Gasteiger partial charge in [-0.3, -0.25) is 4.79 Å². The fourth-order valence-electron chi connectivity index (χ4n) is 2.56. The van der Waals surface area contributed by atoms with E-state index >= 15 is 0 Å². The van der Waals surface area contributed by atoms with E-state index in [0.717, 1.165) is 18.4 Å². The number of nitrogens with one attached hydrogen (secondary N) is 1. The third kappa shape index (κ3) is 3.49. The van der Waals surface area contributed by atoms with Gasteiger partial charge in [-0.15, -0.1) is 5.10 Å². The number of esters is 1. The number of nitrogens with zero attached hydrogens (tertiary/aromatic N) is 3. The summed E-state index contributed by atoms with van der Waals surface area (Å²) in [5.41, 5.74) is 1.86. The number of hydrogen-bond acceptors (Lipinski definition) is 5. The van der Waals surface area contributed by atoms with Gasteiger partial charge < -0.3 is 10.1 Å². The first-order chi connectivity index (χ1) is 11.1. The van der Waals surface area contributed by atoms with Crippen molar-refractivity contribution in [2.24, 2.45) is 5.92 Å². The molecule has 23 heavy (non-hydrogen) atoms. The van der Waals surface area contributed by atoms with Gasteiger partial charge in [0.1, 0.15) is 5.52 Å². The first-order valence-electron chi connectivity index (χ1n) is 7.88. The van der Waals surface area contributed by atoms with Crippen molar-refractivity contribution in [3.63, 3.8) is 0 Å². The Bertz CT molecular complexity index is 736. The minimum absolute atomic E-state index is 0.140. The van der Waals surface area contributed by atoms with Crippen LogP contribution in [0.2, 0.25) is 0 Å². The molecule has 0 aliphatic heterocycles. The number of amides is 1. The zero-order chi connectivity index (χ0) is 16.4. The van der Waals surface area contributed by atoms with Crippen LogP contribution in [0.5, 0.6) is 0 Å². The van der Waals surface area contributed by atoms with Crippen LogP contribution >= 0.6 is 0 Å². The van der Waals surface area contributed by atoms with Crippen molar-refractivity contribution in [3.05, 3.63) is 23.8 Å². The summed E-state index contributed by atoms with van der Waals surface area (Å²) in [6.45, 7) is 4.38. The highest BCUT2D eigenvalue weighted by molar-refractivity contribution is 5.94. The molecule has 0 radical (unpaired) electrons. The second-order valence-electron chi connectivity index (χ2n) is 5.88. The second-order valence-corrected chi connectivity index (χ2v) is 5.88. The van der Waals surface area contributed by atoms with Crippen molar-refractivity contribution < 1.29 is 14.3 Å². The summed E-state index contributed by atoms with van der Waals surface area (Å²) < 4.78 is 6.81. The summed E-state index contributed by atoms with van der Waals surface area (Å²) in [4.78, 5) is 23.8. The molecule has 1 N–H and O–H groups in total. The fraction of sp³-hybridized carbons (Fsp3) is 0.500. The Morgan fingerprint density at radius 3 is 2.91 bits per heavy atom. The smallest absolute Gasteiger partial charge is 0.338 e. The summed E-state index contributed by atoms with van der Waals surface area (Å²) >= 11 is 0. The maximum Gasteiger partial charge on any atom is 0.338 e. The van der Waals surface area contributed by atoms with Gasteiger partial charge in [0.25, 0.3) is 5.91 Å². The highest BCUT2D eigenvalue weighted by atomic mass is 16.5. The predicted octanol–water partition coefficient (Wildman–Crippen LogP) is 1.52. The van der Waals surface area contributed by atoms with Crippen molar-refractivity contribution in [2.75, 3.05) is 6.61 Å². The quantitative estimate of drug-likeness (QED) is 0.817. The van der Waals surface area contributed by atoms with Gasteiger partial charge in [-0.1, -0.05) is 5.21 Å². The van der Waals surface area contributed by atoms with Gasteiger partial charge in [-0.05, 0) is 50.8 Å². The third-order valence-corrected chi connectivity index (χ3v) is 4.10. The molecule has 1 amide bonds. The Morgan fingerprint density at radius 1 is 1.43 bits per heavy atom. The molecule has 1 atom stereocenters. The molecule has 3 rings (SSSR count). The summed E-state index contributed by atoms with van der Waals surface area (Å²) in [5.74, 6) is -0.235. The first-order valence-corrected chi connectivity index (χ1v) is 7.88. The predicted molar refractivity (Wildman–Crippen MR) is 83.8 cm³/mol. The molecule has 7 nitrogen and oxygen atoms in total. The van der Waals surface area contributed by atoms with E-state index in [4.69, 9.17) is 4.74 Å². The Hall–Kier alpha value is -2.44. The Kier molecular flexibility index (Phi) is 4.27. The van der Waals surface area contributed by atoms with Gasteiger partial charge in [-0.2, -0.15) is 0 Å². The fourth-order valence-corrected chi connectivity index (χ4v) is 2.56. The average molecular weight is 316 g/mol. The molecule has 0 spiro atoms. The molecule has 122 valence electrons. The van der Waals surface area contributed by atoms with E-state index in [2.05, 4.69) is 15.6 Å². The molecule has 0 saturated heterocycles. The lowest BCUT2D eigenvalue weighted by Gasteiger charge is -2.12. The van der Waals surface area contributed by atoms with Gasteiger partial charge in [0.05, 0.1) is 11.1 Å². The first kappa shape index (κ1) is 15.5. The number of hydrogen-bond donors (Lipinski definition) is 1. The standard InChI is InChI=1S/C16H20N4O3/c1-3-20-14-7-6-12(8-13(14)18-19-20)16(22)23-9-15(21)17-10(2)11-4-5-11/h6-8,10-11H,3-5,9H2,1-2H3,(H,17,21)/t10-/m1/s1. The van der Waals surface area contributed by atoms with Crippen LogP contribution in [0.25, 0.3) is 11.0 Å². The van der Waals surface area contributed by atoms with Gasteiger partial charge in [-0.25, -0.2) is 9.48 Å². The van der Waals surface area contributed by atoms with Crippen molar-refractivity contribution in [2.45, 2.75) is 39.3 Å². The van der Waals surface area contributed by atoms with Crippen LogP contribution in [0, 0.1) is 5.92 Å². The minimum Gasteiger partial charge on any atom is -0.452 e. The van der Waals surface area contributed by atoms with Crippen LogP contribution in [0.3, 0.4) is 0 Å². The largest absolute Gasteiger partial charge is 0.452 e. The number of carbonyl (C=O) groups is 2. The van der Waals surface area contributed by atoms with E-state index in [-0.39, 0.29) is 18.6 Å². The molecule has 1 saturated carbocycles. The van der Waals surface area contributed by atoms with E-state index in [0.29, 0.717) is 23.5 Å². The Labute approximate surface area is 134 Å². The van der Waals surface area contributed by atoms with Gasteiger partial charge in [0, 0.05) is 12.6 Å². The highest BCUT2D eigenvalue weighted by Gasteiger charge is 2.29. The monoisotopic (exact) mass is 316 g/mol. The summed E-state index contributed by atoms with van der Waals surface area (Å²) in [6.07, 6.45) is 2.30. The molecule has 1 aliphatic rings. The van der Waals surface area contributed by atoms with Crippen molar-refractivity contribution >= 4 is 22.9 Å². The summed E-state index contributed by atoms with van der Waals surface area (Å²) in [7, 11) is 0.